The normalized spacial score (nSPS) is 13.4. The maximum atomic E-state index is 12.8. The minimum Gasteiger partial charge on any atom is -0.333 e. The van der Waals surface area contributed by atoms with Crippen molar-refractivity contribution in [2.75, 3.05) is 7.05 Å². The van der Waals surface area contributed by atoms with Crippen molar-refractivity contribution in [2.24, 2.45) is 0 Å². The van der Waals surface area contributed by atoms with Gasteiger partial charge in [0, 0.05) is 25.4 Å². The van der Waals surface area contributed by atoms with Gasteiger partial charge in [-0.25, -0.2) is 4.98 Å². The lowest BCUT2D eigenvalue weighted by molar-refractivity contribution is -0.137. The number of imidazole rings is 1. The van der Waals surface area contributed by atoms with E-state index in [1.165, 1.54) is 12.1 Å². The van der Waals surface area contributed by atoms with E-state index in [4.69, 9.17) is 0 Å². The van der Waals surface area contributed by atoms with Crippen LogP contribution in [-0.2, 0) is 19.1 Å². The highest BCUT2D eigenvalue weighted by Gasteiger charge is 2.30. The number of nitrogens with one attached hydrogen (secondary N) is 1. The van der Waals surface area contributed by atoms with Gasteiger partial charge in [-0.3, -0.25) is 0 Å². The topological polar surface area (TPSA) is 29.9 Å². The van der Waals surface area contributed by atoms with E-state index in [0.29, 0.717) is 12.1 Å². The summed E-state index contributed by atoms with van der Waals surface area (Å²) in [5.41, 5.74) is -0.00956. The predicted octanol–water partition coefficient (Wildman–Crippen LogP) is 3.43. The van der Waals surface area contributed by atoms with Crippen LogP contribution in [0, 0.1) is 0 Å². The molecule has 0 aliphatic carbocycles. The van der Waals surface area contributed by atoms with Gasteiger partial charge in [0.1, 0.15) is 5.82 Å². The third-order valence-corrected chi connectivity index (χ3v) is 3.46. The van der Waals surface area contributed by atoms with E-state index in [9.17, 15) is 13.2 Å². The number of rotatable bonds is 5. The highest BCUT2D eigenvalue weighted by atomic mass is 19.4. The molecule has 2 aromatic rings. The molecule has 1 unspecified atom stereocenters. The lowest BCUT2D eigenvalue weighted by Crippen LogP contribution is -2.23. The summed E-state index contributed by atoms with van der Waals surface area (Å²) in [4.78, 5) is 4.23. The van der Waals surface area contributed by atoms with E-state index < -0.39 is 11.7 Å². The van der Waals surface area contributed by atoms with Crippen LogP contribution in [0.15, 0.2) is 36.7 Å². The number of alkyl halides is 3. The SMILES string of the molecule is CCc1nccn1CC(NC)c1cccc(C(F)(F)F)c1. The number of hydrogen-bond acceptors (Lipinski definition) is 2. The molecule has 6 heteroatoms. The highest BCUT2D eigenvalue weighted by Crippen LogP contribution is 2.31. The smallest absolute Gasteiger partial charge is 0.333 e. The van der Waals surface area contributed by atoms with Gasteiger partial charge in [0.15, 0.2) is 0 Å². The van der Waals surface area contributed by atoms with E-state index in [-0.39, 0.29) is 6.04 Å². The summed E-state index contributed by atoms with van der Waals surface area (Å²) in [7, 11) is 1.74. The summed E-state index contributed by atoms with van der Waals surface area (Å²) >= 11 is 0. The molecule has 1 aromatic carbocycles. The second-order valence-corrected chi connectivity index (χ2v) is 4.81. The number of aromatic nitrogens is 2. The maximum absolute atomic E-state index is 12.8. The van der Waals surface area contributed by atoms with E-state index in [2.05, 4.69) is 10.3 Å². The molecule has 1 heterocycles. The molecule has 1 aromatic heterocycles. The summed E-state index contributed by atoms with van der Waals surface area (Å²) in [6.45, 7) is 2.54. The lowest BCUT2D eigenvalue weighted by Gasteiger charge is -2.20. The molecule has 1 atom stereocenters. The van der Waals surface area contributed by atoms with Gasteiger partial charge >= 0.3 is 6.18 Å². The minimum atomic E-state index is -4.32. The van der Waals surface area contributed by atoms with Crippen molar-refractivity contribution in [1.29, 1.82) is 0 Å². The lowest BCUT2D eigenvalue weighted by atomic mass is 10.0. The number of likely N-dealkylation sites (N-methyl/N-ethyl adjacent to an activating group) is 1. The Morgan fingerprint density at radius 1 is 1.33 bits per heavy atom. The van der Waals surface area contributed by atoms with Crippen molar-refractivity contribution in [3.05, 3.63) is 53.6 Å². The molecule has 0 aliphatic rings. The van der Waals surface area contributed by atoms with Crippen LogP contribution >= 0.6 is 0 Å². The van der Waals surface area contributed by atoms with Crippen LogP contribution in [0.25, 0.3) is 0 Å². The highest BCUT2D eigenvalue weighted by molar-refractivity contribution is 5.28. The van der Waals surface area contributed by atoms with Crippen LogP contribution in [0.4, 0.5) is 13.2 Å². The second-order valence-electron chi connectivity index (χ2n) is 4.81. The Kier molecular flexibility index (Phi) is 4.67. The minimum absolute atomic E-state index is 0.202. The van der Waals surface area contributed by atoms with Crippen molar-refractivity contribution in [1.82, 2.24) is 14.9 Å². The summed E-state index contributed by atoms with van der Waals surface area (Å²) < 4.78 is 40.3. The molecule has 0 saturated heterocycles. The molecular weight excluding hydrogens is 279 g/mol. The number of hydrogen-bond donors (Lipinski definition) is 1. The van der Waals surface area contributed by atoms with Crippen LogP contribution in [0.1, 0.15) is 29.9 Å². The van der Waals surface area contributed by atoms with Gasteiger partial charge < -0.3 is 9.88 Å². The van der Waals surface area contributed by atoms with E-state index >= 15 is 0 Å². The Morgan fingerprint density at radius 3 is 2.71 bits per heavy atom. The van der Waals surface area contributed by atoms with Crippen LogP contribution in [-0.4, -0.2) is 16.6 Å². The Bertz CT molecular complexity index is 590. The molecule has 0 amide bonds. The molecule has 2 rings (SSSR count). The Hall–Kier alpha value is -1.82. The number of aryl methyl sites for hydroxylation is 1. The maximum Gasteiger partial charge on any atom is 0.416 e. The average molecular weight is 297 g/mol. The number of benzene rings is 1. The largest absolute Gasteiger partial charge is 0.416 e. The van der Waals surface area contributed by atoms with Crippen molar-refractivity contribution < 1.29 is 13.2 Å². The average Bonchev–Trinajstić information content (AvgIpc) is 2.91. The number of halogens is 3. The van der Waals surface area contributed by atoms with Crippen molar-refractivity contribution in [3.8, 4) is 0 Å². The Labute approximate surface area is 121 Å². The van der Waals surface area contributed by atoms with Gasteiger partial charge in [0.25, 0.3) is 0 Å². The zero-order valence-corrected chi connectivity index (χ0v) is 12.0. The van der Waals surface area contributed by atoms with Gasteiger partial charge in [0.05, 0.1) is 11.6 Å². The van der Waals surface area contributed by atoms with Gasteiger partial charge in [-0.2, -0.15) is 13.2 Å². The molecule has 0 spiro atoms. The predicted molar refractivity (Wildman–Crippen MR) is 74.8 cm³/mol. The molecule has 0 aliphatic heterocycles. The van der Waals surface area contributed by atoms with E-state index in [0.717, 1.165) is 18.3 Å². The summed E-state index contributed by atoms with van der Waals surface area (Å²) in [5, 5.41) is 3.07. The molecule has 0 fully saturated rings. The first-order valence-corrected chi connectivity index (χ1v) is 6.80. The summed E-state index contributed by atoms with van der Waals surface area (Å²) in [6.07, 6.45) is 0.0123. The fourth-order valence-corrected chi connectivity index (χ4v) is 2.31. The van der Waals surface area contributed by atoms with Crippen LogP contribution in [0.2, 0.25) is 0 Å². The zero-order chi connectivity index (χ0) is 15.5. The van der Waals surface area contributed by atoms with Gasteiger partial charge in [-0.15, -0.1) is 0 Å². The zero-order valence-electron chi connectivity index (χ0n) is 12.0. The standard InChI is InChI=1S/C15H18F3N3/c1-3-14-20-7-8-21(14)10-13(19-2)11-5-4-6-12(9-11)15(16,17)18/h4-9,13,19H,3,10H2,1-2H3. The van der Waals surface area contributed by atoms with Crippen molar-refractivity contribution in [3.63, 3.8) is 0 Å². The molecule has 0 radical (unpaired) electrons. The fraction of sp³-hybridized carbons (Fsp3) is 0.400. The monoisotopic (exact) mass is 297 g/mol. The first-order chi connectivity index (χ1) is 9.95. The third kappa shape index (κ3) is 3.64. The van der Waals surface area contributed by atoms with Gasteiger partial charge in [-0.1, -0.05) is 19.1 Å². The molecule has 3 nitrogen and oxygen atoms in total. The Morgan fingerprint density at radius 2 is 2.10 bits per heavy atom. The van der Waals surface area contributed by atoms with Crippen LogP contribution in [0.5, 0.6) is 0 Å². The molecule has 0 saturated carbocycles. The molecule has 114 valence electrons. The molecular formula is C15H18F3N3. The molecule has 21 heavy (non-hydrogen) atoms. The van der Waals surface area contributed by atoms with Crippen molar-refractivity contribution >= 4 is 0 Å². The number of nitrogens with zero attached hydrogens (tertiary/aromatic N) is 2. The van der Waals surface area contributed by atoms with E-state index in [1.807, 2.05) is 17.7 Å². The summed E-state index contributed by atoms with van der Waals surface area (Å²) in [5.74, 6) is 0.919. The van der Waals surface area contributed by atoms with E-state index in [1.54, 1.807) is 19.3 Å². The van der Waals surface area contributed by atoms with Crippen LogP contribution in [0.3, 0.4) is 0 Å². The van der Waals surface area contributed by atoms with Gasteiger partial charge in [0.2, 0.25) is 0 Å². The second kappa shape index (κ2) is 6.30. The third-order valence-electron chi connectivity index (χ3n) is 3.46. The first kappa shape index (κ1) is 15.6. The summed E-state index contributed by atoms with van der Waals surface area (Å²) in [6, 6.07) is 5.23. The quantitative estimate of drug-likeness (QED) is 0.916. The van der Waals surface area contributed by atoms with Gasteiger partial charge in [-0.05, 0) is 24.7 Å². The van der Waals surface area contributed by atoms with Crippen LogP contribution < -0.4 is 5.32 Å². The molecule has 1 N–H and O–H groups in total. The fourth-order valence-electron chi connectivity index (χ4n) is 2.31. The first-order valence-electron chi connectivity index (χ1n) is 6.80. The Balaban J connectivity index is 2.25. The molecule has 0 bridgehead atoms. The van der Waals surface area contributed by atoms with Crippen molar-refractivity contribution in [2.45, 2.75) is 32.1 Å².